The molecule has 0 radical (unpaired) electrons. The monoisotopic (exact) mass is 242 g/mol. The highest BCUT2D eigenvalue weighted by Crippen LogP contribution is 2.32. The molecule has 0 saturated carbocycles. The minimum absolute atomic E-state index is 0.0234. The molecule has 0 aliphatic carbocycles. The number of hydrogen-bond donors (Lipinski definition) is 0. The van der Waals surface area contributed by atoms with Crippen molar-refractivity contribution in [3.05, 3.63) is 12.2 Å². The van der Waals surface area contributed by atoms with Crippen LogP contribution in [-0.2, 0) is 28.6 Å². The topological polar surface area (TPSA) is 78.9 Å². The van der Waals surface area contributed by atoms with E-state index in [1.165, 1.54) is 6.92 Å². The van der Waals surface area contributed by atoms with Gasteiger partial charge in [-0.3, -0.25) is 4.79 Å². The summed E-state index contributed by atoms with van der Waals surface area (Å²) in [6.45, 7) is 7.54. The van der Waals surface area contributed by atoms with Gasteiger partial charge in [0.2, 0.25) is 0 Å². The molecule has 0 bridgehead atoms. The maximum atomic E-state index is 11.6. The Balaban J connectivity index is 3.01. The van der Waals surface area contributed by atoms with E-state index in [0.29, 0.717) is 0 Å². The summed E-state index contributed by atoms with van der Waals surface area (Å²) in [6, 6.07) is 0. The van der Waals surface area contributed by atoms with E-state index in [0.717, 1.165) is 6.92 Å². The summed E-state index contributed by atoms with van der Waals surface area (Å²) in [7, 11) is 0. The van der Waals surface area contributed by atoms with Gasteiger partial charge in [-0.2, -0.15) is 0 Å². The van der Waals surface area contributed by atoms with Crippen molar-refractivity contribution < 1.29 is 28.6 Å². The van der Waals surface area contributed by atoms with Crippen molar-refractivity contribution in [1.29, 1.82) is 0 Å². The fraction of sp³-hybridized carbons (Fsp3) is 0.545. The lowest BCUT2D eigenvalue weighted by molar-refractivity contribution is -0.232. The van der Waals surface area contributed by atoms with E-state index in [2.05, 4.69) is 6.58 Å². The summed E-state index contributed by atoms with van der Waals surface area (Å²) in [5.41, 5.74) is 0.100. The number of esters is 3. The van der Waals surface area contributed by atoms with Crippen molar-refractivity contribution in [1.82, 2.24) is 0 Å². The predicted octanol–water partition coefficient (Wildman–Crippen LogP) is 0.558. The van der Waals surface area contributed by atoms with E-state index >= 15 is 0 Å². The molecule has 1 aliphatic heterocycles. The number of carbonyl (C=O) groups is 3. The van der Waals surface area contributed by atoms with Crippen LogP contribution in [0.15, 0.2) is 12.2 Å². The van der Waals surface area contributed by atoms with Crippen molar-refractivity contribution >= 4 is 17.9 Å². The van der Waals surface area contributed by atoms with E-state index in [9.17, 15) is 14.4 Å². The van der Waals surface area contributed by atoms with Gasteiger partial charge in [-0.1, -0.05) is 13.5 Å². The first kappa shape index (κ1) is 13.2. The third kappa shape index (κ3) is 2.46. The second-order valence-corrected chi connectivity index (χ2v) is 3.93. The Bertz CT molecular complexity index is 385. The number of carbonyl (C=O) groups excluding carboxylic acids is 3. The molecular weight excluding hydrogens is 228 g/mol. The molecule has 1 fully saturated rings. The molecule has 0 aromatic rings. The molecule has 0 amide bonds. The van der Waals surface area contributed by atoms with Crippen molar-refractivity contribution in [2.75, 3.05) is 6.61 Å². The van der Waals surface area contributed by atoms with Crippen LogP contribution in [-0.4, -0.2) is 30.3 Å². The molecule has 0 N–H and O–H groups in total. The highest BCUT2D eigenvalue weighted by Gasteiger charge is 2.57. The largest absolute Gasteiger partial charge is 0.459 e. The summed E-state index contributed by atoms with van der Waals surface area (Å²) in [5, 5.41) is 0. The summed E-state index contributed by atoms with van der Waals surface area (Å²) >= 11 is 0. The minimum atomic E-state index is -1.98. The summed E-state index contributed by atoms with van der Waals surface area (Å²) < 4.78 is 14.5. The van der Waals surface area contributed by atoms with Gasteiger partial charge in [0.25, 0.3) is 0 Å². The summed E-state index contributed by atoms with van der Waals surface area (Å²) in [6.07, 6.45) is 0. The number of rotatable bonds is 3. The lowest BCUT2D eigenvalue weighted by atomic mass is 10.0. The predicted molar refractivity (Wildman–Crippen MR) is 55.5 cm³/mol. The van der Waals surface area contributed by atoms with Gasteiger partial charge >= 0.3 is 23.7 Å². The number of hydrogen-bond acceptors (Lipinski definition) is 6. The highest BCUT2D eigenvalue weighted by atomic mass is 16.8. The maximum Gasteiger partial charge on any atom is 0.393 e. The molecule has 0 spiro atoms. The quantitative estimate of drug-likeness (QED) is 0.408. The zero-order valence-corrected chi connectivity index (χ0v) is 9.94. The van der Waals surface area contributed by atoms with Gasteiger partial charge in [0.05, 0.1) is 5.92 Å². The first-order valence-corrected chi connectivity index (χ1v) is 5.05. The average Bonchev–Trinajstić information content (AvgIpc) is 2.45. The molecule has 0 aromatic heterocycles. The Labute approximate surface area is 98.5 Å². The molecule has 17 heavy (non-hydrogen) atoms. The molecule has 1 aliphatic rings. The molecular formula is C11H14O6. The minimum Gasteiger partial charge on any atom is -0.459 e. The molecule has 2 atom stereocenters. The zero-order valence-electron chi connectivity index (χ0n) is 9.94. The van der Waals surface area contributed by atoms with Crippen LogP contribution in [0.2, 0.25) is 0 Å². The Morgan fingerprint density at radius 1 is 1.41 bits per heavy atom. The van der Waals surface area contributed by atoms with Crippen LogP contribution in [0.25, 0.3) is 0 Å². The van der Waals surface area contributed by atoms with Crippen molar-refractivity contribution in [3.8, 4) is 0 Å². The Hall–Kier alpha value is -1.85. The van der Waals surface area contributed by atoms with Crippen LogP contribution in [0.4, 0.5) is 0 Å². The highest BCUT2D eigenvalue weighted by molar-refractivity contribution is 5.92. The third-order valence-electron chi connectivity index (χ3n) is 2.29. The van der Waals surface area contributed by atoms with E-state index < -0.39 is 29.6 Å². The smallest absolute Gasteiger partial charge is 0.393 e. The van der Waals surface area contributed by atoms with Crippen molar-refractivity contribution in [2.24, 2.45) is 5.92 Å². The molecule has 1 saturated heterocycles. The number of cyclic esters (lactones) is 1. The second kappa shape index (κ2) is 4.57. The molecule has 1 rings (SSSR count). The van der Waals surface area contributed by atoms with Gasteiger partial charge in [0.15, 0.2) is 0 Å². The normalized spacial score (nSPS) is 27.2. The Kier molecular flexibility index (Phi) is 3.55. The van der Waals surface area contributed by atoms with Crippen molar-refractivity contribution in [3.63, 3.8) is 0 Å². The average molecular weight is 242 g/mol. The van der Waals surface area contributed by atoms with Gasteiger partial charge in [-0.25, -0.2) is 9.59 Å². The molecule has 0 aromatic carbocycles. The van der Waals surface area contributed by atoms with Crippen LogP contribution < -0.4 is 0 Å². The van der Waals surface area contributed by atoms with Crippen LogP contribution in [0.3, 0.4) is 0 Å². The Morgan fingerprint density at radius 2 is 2.00 bits per heavy atom. The van der Waals surface area contributed by atoms with E-state index in [1.54, 1.807) is 6.92 Å². The van der Waals surface area contributed by atoms with Gasteiger partial charge < -0.3 is 14.2 Å². The fourth-order valence-electron chi connectivity index (χ4n) is 1.36. The Morgan fingerprint density at radius 3 is 2.35 bits per heavy atom. The van der Waals surface area contributed by atoms with Gasteiger partial charge in [-0.15, -0.1) is 0 Å². The molecule has 1 heterocycles. The van der Waals surface area contributed by atoms with Crippen LogP contribution in [0.5, 0.6) is 0 Å². The van der Waals surface area contributed by atoms with E-state index in [1.807, 2.05) is 0 Å². The molecule has 6 nitrogen and oxygen atoms in total. The lowest BCUT2D eigenvalue weighted by Gasteiger charge is -2.27. The van der Waals surface area contributed by atoms with Crippen LogP contribution >= 0.6 is 0 Å². The van der Waals surface area contributed by atoms with E-state index in [-0.39, 0.29) is 12.2 Å². The third-order valence-corrected chi connectivity index (χ3v) is 2.29. The van der Waals surface area contributed by atoms with Gasteiger partial charge in [0.1, 0.15) is 6.61 Å². The molecule has 2 unspecified atom stereocenters. The lowest BCUT2D eigenvalue weighted by Crippen LogP contribution is -2.48. The second-order valence-electron chi connectivity index (χ2n) is 3.93. The maximum absolute atomic E-state index is 11.6. The van der Waals surface area contributed by atoms with Crippen LogP contribution in [0.1, 0.15) is 20.8 Å². The first-order chi connectivity index (χ1) is 7.79. The standard InChI is InChI=1S/C11H14O6/c1-6(2)9(13)17-11(16-8(4)12)7(3)5-15-10(11)14/h7H,1,5H2,2-4H3. The molecule has 94 valence electrons. The number of ether oxygens (including phenoxy) is 3. The van der Waals surface area contributed by atoms with Gasteiger partial charge in [-0.05, 0) is 6.92 Å². The van der Waals surface area contributed by atoms with E-state index in [4.69, 9.17) is 14.2 Å². The van der Waals surface area contributed by atoms with Crippen molar-refractivity contribution in [2.45, 2.75) is 26.6 Å². The van der Waals surface area contributed by atoms with Crippen LogP contribution in [0, 0.1) is 5.92 Å². The summed E-state index contributed by atoms with van der Waals surface area (Å²) in [5.74, 6) is -4.97. The first-order valence-electron chi connectivity index (χ1n) is 5.05. The summed E-state index contributed by atoms with van der Waals surface area (Å²) in [4.78, 5) is 34.1. The fourth-order valence-corrected chi connectivity index (χ4v) is 1.36. The van der Waals surface area contributed by atoms with Gasteiger partial charge in [0, 0.05) is 12.5 Å². The SMILES string of the molecule is C=C(C)C(=O)OC1(OC(C)=O)C(=O)OCC1C. The zero-order chi connectivity index (χ0) is 13.2. The molecule has 6 heteroatoms.